The minimum atomic E-state index is -0.118. The molecule has 3 heteroatoms. The molecule has 2 rings (SSSR count). The van der Waals surface area contributed by atoms with E-state index in [1.165, 1.54) is 5.06 Å². The summed E-state index contributed by atoms with van der Waals surface area (Å²) in [4.78, 5) is 0. The van der Waals surface area contributed by atoms with Gasteiger partial charge in [0.25, 0.3) is 0 Å². The molecule has 0 spiro atoms. The topological polar surface area (TPSA) is 43.7 Å². The van der Waals surface area contributed by atoms with Gasteiger partial charge in [-0.1, -0.05) is 37.3 Å². The van der Waals surface area contributed by atoms with Crippen LogP contribution in [-0.2, 0) is 0 Å². The molecule has 0 aliphatic rings. The SMILES string of the molecule is CCC(c1ccc(O)cc1)N(O)c1ccccc1. The Hall–Kier alpha value is -2.00. The van der Waals surface area contributed by atoms with Crippen molar-refractivity contribution in [2.45, 2.75) is 19.4 Å². The molecule has 2 aromatic rings. The zero-order chi connectivity index (χ0) is 13.0. The second kappa shape index (κ2) is 5.56. The van der Waals surface area contributed by atoms with Gasteiger partial charge in [-0.05, 0) is 36.2 Å². The van der Waals surface area contributed by atoms with Crippen molar-refractivity contribution in [3.05, 3.63) is 60.2 Å². The number of para-hydroxylation sites is 1. The van der Waals surface area contributed by atoms with Crippen LogP contribution in [0.4, 0.5) is 5.69 Å². The number of hydrogen-bond acceptors (Lipinski definition) is 3. The fourth-order valence-electron chi connectivity index (χ4n) is 2.01. The maximum absolute atomic E-state index is 10.3. The van der Waals surface area contributed by atoms with Gasteiger partial charge >= 0.3 is 0 Å². The zero-order valence-corrected chi connectivity index (χ0v) is 10.3. The fourth-order valence-corrected chi connectivity index (χ4v) is 2.01. The van der Waals surface area contributed by atoms with Crippen LogP contribution in [0.1, 0.15) is 24.9 Å². The lowest BCUT2D eigenvalue weighted by Gasteiger charge is -2.27. The minimum absolute atomic E-state index is 0.118. The molecule has 2 N–H and O–H groups in total. The standard InChI is InChI=1S/C15H17NO2/c1-2-15(12-8-10-14(17)11-9-12)16(18)13-6-4-3-5-7-13/h3-11,15,17-18H,2H2,1H3. The lowest BCUT2D eigenvalue weighted by atomic mass is 10.0. The van der Waals surface area contributed by atoms with Gasteiger partial charge in [-0.25, -0.2) is 5.06 Å². The Balaban J connectivity index is 2.26. The summed E-state index contributed by atoms with van der Waals surface area (Å²) in [6.07, 6.45) is 0.774. The van der Waals surface area contributed by atoms with Crippen LogP contribution in [0.2, 0.25) is 0 Å². The molecule has 0 saturated carbocycles. The Bertz CT molecular complexity index is 482. The summed E-state index contributed by atoms with van der Waals surface area (Å²) in [5.41, 5.74) is 1.74. The van der Waals surface area contributed by atoms with E-state index in [4.69, 9.17) is 0 Å². The highest BCUT2D eigenvalue weighted by Crippen LogP contribution is 2.28. The number of phenolic OH excluding ortho intramolecular Hbond substituents is 1. The number of anilines is 1. The van der Waals surface area contributed by atoms with Gasteiger partial charge in [0.1, 0.15) is 5.75 Å². The van der Waals surface area contributed by atoms with E-state index in [9.17, 15) is 10.3 Å². The number of hydroxylamine groups is 1. The molecule has 0 fully saturated rings. The Labute approximate surface area is 107 Å². The first kappa shape index (κ1) is 12.5. The van der Waals surface area contributed by atoms with Crippen molar-refractivity contribution >= 4 is 5.69 Å². The molecule has 0 bridgehead atoms. The Kier molecular flexibility index (Phi) is 3.85. The van der Waals surface area contributed by atoms with Crippen molar-refractivity contribution in [1.29, 1.82) is 0 Å². The summed E-state index contributed by atoms with van der Waals surface area (Å²) in [5.74, 6) is 0.234. The number of aromatic hydroxyl groups is 1. The molecule has 18 heavy (non-hydrogen) atoms. The maximum Gasteiger partial charge on any atom is 0.115 e. The third-order valence-corrected chi connectivity index (χ3v) is 2.98. The predicted molar refractivity (Wildman–Crippen MR) is 71.8 cm³/mol. The van der Waals surface area contributed by atoms with Gasteiger partial charge in [0.15, 0.2) is 0 Å². The van der Waals surface area contributed by atoms with E-state index in [1.807, 2.05) is 49.4 Å². The molecule has 0 aliphatic carbocycles. The maximum atomic E-state index is 10.3. The van der Waals surface area contributed by atoms with Gasteiger partial charge in [0.05, 0.1) is 11.7 Å². The van der Waals surface area contributed by atoms with Crippen LogP contribution in [0.5, 0.6) is 5.75 Å². The molecule has 0 heterocycles. The second-order valence-electron chi connectivity index (χ2n) is 4.20. The smallest absolute Gasteiger partial charge is 0.115 e. The first-order valence-electron chi connectivity index (χ1n) is 6.04. The van der Waals surface area contributed by atoms with Gasteiger partial charge in [0.2, 0.25) is 0 Å². The lowest BCUT2D eigenvalue weighted by molar-refractivity contribution is 0.213. The highest BCUT2D eigenvalue weighted by atomic mass is 16.5. The van der Waals surface area contributed by atoms with Crippen molar-refractivity contribution in [2.24, 2.45) is 0 Å². The van der Waals surface area contributed by atoms with Gasteiger partial charge in [0, 0.05) is 0 Å². The molecule has 0 amide bonds. The van der Waals surface area contributed by atoms with E-state index in [0.29, 0.717) is 0 Å². The number of rotatable bonds is 4. The molecule has 0 saturated heterocycles. The molecule has 2 aromatic carbocycles. The van der Waals surface area contributed by atoms with E-state index in [1.54, 1.807) is 12.1 Å². The highest BCUT2D eigenvalue weighted by molar-refractivity contribution is 5.46. The van der Waals surface area contributed by atoms with Crippen LogP contribution in [-0.4, -0.2) is 10.3 Å². The molecule has 94 valence electrons. The van der Waals surface area contributed by atoms with E-state index in [2.05, 4.69) is 0 Å². The average molecular weight is 243 g/mol. The largest absolute Gasteiger partial charge is 0.508 e. The number of benzene rings is 2. The monoisotopic (exact) mass is 243 g/mol. The van der Waals surface area contributed by atoms with Crippen molar-refractivity contribution < 1.29 is 10.3 Å². The normalized spacial score (nSPS) is 12.1. The third-order valence-electron chi connectivity index (χ3n) is 2.98. The Morgan fingerprint density at radius 2 is 1.61 bits per heavy atom. The molecule has 0 aromatic heterocycles. The summed E-state index contributed by atoms with van der Waals surface area (Å²) in [6.45, 7) is 2.02. The molecule has 1 unspecified atom stereocenters. The van der Waals surface area contributed by atoms with Crippen LogP contribution < -0.4 is 5.06 Å². The summed E-state index contributed by atoms with van der Waals surface area (Å²) < 4.78 is 0. The molecule has 3 nitrogen and oxygen atoms in total. The number of nitrogens with zero attached hydrogens (tertiary/aromatic N) is 1. The van der Waals surface area contributed by atoms with E-state index >= 15 is 0 Å². The van der Waals surface area contributed by atoms with E-state index in [-0.39, 0.29) is 11.8 Å². The van der Waals surface area contributed by atoms with Crippen LogP contribution in [0.3, 0.4) is 0 Å². The molecular formula is C15H17NO2. The summed E-state index contributed by atoms with van der Waals surface area (Å²) in [5, 5.41) is 20.8. The summed E-state index contributed by atoms with van der Waals surface area (Å²) in [7, 11) is 0. The van der Waals surface area contributed by atoms with Crippen LogP contribution >= 0.6 is 0 Å². The third kappa shape index (κ3) is 2.63. The van der Waals surface area contributed by atoms with Gasteiger partial charge in [-0.2, -0.15) is 0 Å². The van der Waals surface area contributed by atoms with Crippen LogP contribution in [0.25, 0.3) is 0 Å². The summed E-state index contributed by atoms with van der Waals surface area (Å²) >= 11 is 0. The zero-order valence-electron chi connectivity index (χ0n) is 10.3. The van der Waals surface area contributed by atoms with E-state index < -0.39 is 0 Å². The molecular weight excluding hydrogens is 226 g/mol. The lowest BCUT2D eigenvalue weighted by Crippen LogP contribution is -2.24. The highest BCUT2D eigenvalue weighted by Gasteiger charge is 2.17. The quantitative estimate of drug-likeness (QED) is 0.804. The Morgan fingerprint density at radius 3 is 2.17 bits per heavy atom. The average Bonchev–Trinajstić information content (AvgIpc) is 2.42. The van der Waals surface area contributed by atoms with Gasteiger partial charge in [-0.15, -0.1) is 0 Å². The minimum Gasteiger partial charge on any atom is -0.508 e. The molecule has 0 aliphatic heterocycles. The molecule has 0 radical (unpaired) electrons. The van der Waals surface area contributed by atoms with E-state index in [0.717, 1.165) is 17.7 Å². The number of hydrogen-bond donors (Lipinski definition) is 2. The second-order valence-corrected chi connectivity index (χ2v) is 4.20. The van der Waals surface area contributed by atoms with Crippen molar-refractivity contribution in [2.75, 3.05) is 5.06 Å². The first-order chi connectivity index (χ1) is 8.72. The fraction of sp³-hybridized carbons (Fsp3) is 0.200. The Morgan fingerprint density at radius 1 is 1.00 bits per heavy atom. The van der Waals surface area contributed by atoms with Crippen molar-refractivity contribution in [3.8, 4) is 5.75 Å². The van der Waals surface area contributed by atoms with Gasteiger partial charge < -0.3 is 5.11 Å². The van der Waals surface area contributed by atoms with Gasteiger partial charge in [-0.3, -0.25) is 5.21 Å². The van der Waals surface area contributed by atoms with Crippen molar-refractivity contribution in [3.63, 3.8) is 0 Å². The van der Waals surface area contributed by atoms with Crippen LogP contribution in [0, 0.1) is 0 Å². The first-order valence-corrected chi connectivity index (χ1v) is 6.04. The van der Waals surface area contributed by atoms with Crippen molar-refractivity contribution in [1.82, 2.24) is 0 Å². The predicted octanol–water partition coefficient (Wildman–Crippen LogP) is 3.74. The van der Waals surface area contributed by atoms with Crippen LogP contribution in [0.15, 0.2) is 54.6 Å². The summed E-state index contributed by atoms with van der Waals surface area (Å²) in [6, 6.07) is 16.2. The molecule has 1 atom stereocenters. The number of phenols is 1.